The third-order valence-electron chi connectivity index (χ3n) is 3.85. The van der Waals surface area contributed by atoms with Gasteiger partial charge in [0.1, 0.15) is 0 Å². The van der Waals surface area contributed by atoms with Crippen LogP contribution in [0.2, 0.25) is 0 Å². The van der Waals surface area contributed by atoms with Gasteiger partial charge in [0.05, 0.1) is 17.8 Å². The maximum absolute atomic E-state index is 12.1. The fourth-order valence-electron chi connectivity index (χ4n) is 2.56. The first kappa shape index (κ1) is 16.2. The van der Waals surface area contributed by atoms with Crippen LogP contribution >= 0.6 is 11.3 Å². The van der Waals surface area contributed by atoms with Crippen LogP contribution in [-0.4, -0.2) is 54.2 Å². The average Bonchev–Trinajstić information content (AvgIpc) is 3.02. The van der Waals surface area contributed by atoms with Crippen molar-refractivity contribution < 1.29 is 9.53 Å². The molecular formula is C14H24N4O2S. The van der Waals surface area contributed by atoms with Crippen molar-refractivity contribution in [3.05, 3.63) is 11.1 Å². The number of thiazole rings is 1. The van der Waals surface area contributed by atoms with Crippen LogP contribution in [0.1, 0.15) is 26.0 Å². The van der Waals surface area contributed by atoms with Crippen LogP contribution in [0.25, 0.3) is 0 Å². The van der Waals surface area contributed by atoms with Crippen LogP contribution in [0.15, 0.2) is 5.38 Å². The Morgan fingerprint density at radius 3 is 2.95 bits per heavy atom. The van der Waals surface area contributed by atoms with Crippen LogP contribution in [0.4, 0.5) is 5.13 Å². The van der Waals surface area contributed by atoms with Gasteiger partial charge in [0.25, 0.3) is 0 Å². The molecule has 0 aliphatic carbocycles. The van der Waals surface area contributed by atoms with Gasteiger partial charge in [-0.1, -0.05) is 0 Å². The Morgan fingerprint density at radius 2 is 2.38 bits per heavy atom. The molecule has 1 aliphatic heterocycles. The summed E-state index contributed by atoms with van der Waals surface area (Å²) in [6, 6.07) is 0.521. The lowest BCUT2D eigenvalue weighted by Gasteiger charge is -2.20. The van der Waals surface area contributed by atoms with Gasteiger partial charge in [-0.3, -0.25) is 9.69 Å². The lowest BCUT2D eigenvalue weighted by Crippen LogP contribution is -2.43. The van der Waals surface area contributed by atoms with E-state index in [9.17, 15) is 4.79 Å². The van der Waals surface area contributed by atoms with Crippen molar-refractivity contribution in [3.8, 4) is 0 Å². The summed E-state index contributed by atoms with van der Waals surface area (Å²) in [4.78, 5) is 18.6. The van der Waals surface area contributed by atoms with Crippen LogP contribution in [0, 0.1) is 0 Å². The number of aryl methyl sites for hydroxylation is 1. The molecule has 7 heteroatoms. The number of nitrogens with zero attached hydrogens (tertiary/aromatic N) is 2. The minimum Gasteiger partial charge on any atom is -0.378 e. The molecule has 6 nitrogen and oxygen atoms in total. The summed E-state index contributed by atoms with van der Waals surface area (Å²) in [6.45, 7) is 6.01. The van der Waals surface area contributed by atoms with Gasteiger partial charge >= 0.3 is 0 Å². The molecule has 1 aliphatic rings. The predicted octanol–water partition coefficient (Wildman–Crippen LogP) is 0.882. The lowest BCUT2D eigenvalue weighted by atomic mass is 10.2. The topological polar surface area (TPSA) is 80.5 Å². The molecular weight excluding hydrogens is 288 g/mol. The molecule has 1 aromatic rings. The van der Waals surface area contributed by atoms with Gasteiger partial charge in [-0.25, -0.2) is 4.98 Å². The number of nitrogen functional groups attached to an aromatic ring is 1. The molecule has 2 rings (SSSR count). The van der Waals surface area contributed by atoms with E-state index in [0.29, 0.717) is 24.0 Å². The smallest absolute Gasteiger partial charge is 0.220 e. The SMILES string of the molecule is CO[C@H]1CN(C(C)C)C[C@@H]1NC(=O)CCc1csc(N)n1. The van der Waals surface area contributed by atoms with Gasteiger partial charge in [0, 0.05) is 38.0 Å². The highest BCUT2D eigenvalue weighted by Crippen LogP contribution is 2.16. The van der Waals surface area contributed by atoms with E-state index in [-0.39, 0.29) is 18.1 Å². The summed E-state index contributed by atoms with van der Waals surface area (Å²) in [5.41, 5.74) is 6.46. The van der Waals surface area contributed by atoms with E-state index in [4.69, 9.17) is 10.5 Å². The quantitative estimate of drug-likeness (QED) is 0.815. The largest absolute Gasteiger partial charge is 0.378 e. The Kier molecular flexibility index (Phi) is 5.55. The van der Waals surface area contributed by atoms with E-state index in [2.05, 4.69) is 29.0 Å². The zero-order valence-electron chi connectivity index (χ0n) is 12.8. The highest BCUT2D eigenvalue weighted by atomic mass is 32.1. The molecule has 0 radical (unpaired) electrons. The van der Waals surface area contributed by atoms with Crippen molar-refractivity contribution in [2.45, 2.75) is 44.9 Å². The van der Waals surface area contributed by atoms with Crippen molar-refractivity contribution in [2.75, 3.05) is 25.9 Å². The fraction of sp³-hybridized carbons (Fsp3) is 0.714. The number of carbonyl (C=O) groups excluding carboxylic acids is 1. The van der Waals surface area contributed by atoms with Crippen LogP contribution in [0.5, 0.6) is 0 Å². The minimum atomic E-state index is 0.0410. The maximum Gasteiger partial charge on any atom is 0.220 e. The van der Waals surface area contributed by atoms with Gasteiger partial charge in [-0.15, -0.1) is 11.3 Å². The number of methoxy groups -OCH3 is 1. The van der Waals surface area contributed by atoms with Gasteiger partial charge < -0.3 is 15.8 Å². The summed E-state index contributed by atoms with van der Waals surface area (Å²) in [5.74, 6) is 0.0410. The van der Waals surface area contributed by atoms with Gasteiger partial charge in [0.2, 0.25) is 5.91 Å². The number of amides is 1. The van der Waals surface area contributed by atoms with Gasteiger partial charge in [-0.2, -0.15) is 0 Å². The molecule has 1 aromatic heterocycles. The molecule has 1 amide bonds. The summed E-state index contributed by atoms with van der Waals surface area (Å²) < 4.78 is 5.49. The Hall–Kier alpha value is -1.18. The van der Waals surface area contributed by atoms with E-state index in [1.54, 1.807) is 7.11 Å². The highest BCUT2D eigenvalue weighted by Gasteiger charge is 2.34. The predicted molar refractivity (Wildman–Crippen MR) is 84.3 cm³/mol. The zero-order chi connectivity index (χ0) is 15.4. The molecule has 2 heterocycles. The van der Waals surface area contributed by atoms with E-state index in [0.717, 1.165) is 18.8 Å². The third-order valence-corrected chi connectivity index (χ3v) is 4.57. The minimum absolute atomic E-state index is 0.0410. The molecule has 0 saturated carbocycles. The molecule has 118 valence electrons. The summed E-state index contributed by atoms with van der Waals surface area (Å²) in [7, 11) is 1.70. The second kappa shape index (κ2) is 7.20. The Morgan fingerprint density at radius 1 is 1.62 bits per heavy atom. The van der Waals surface area contributed by atoms with E-state index in [1.165, 1.54) is 11.3 Å². The monoisotopic (exact) mass is 312 g/mol. The van der Waals surface area contributed by atoms with E-state index in [1.807, 2.05) is 5.38 Å². The van der Waals surface area contributed by atoms with Crippen molar-refractivity contribution in [2.24, 2.45) is 0 Å². The highest BCUT2D eigenvalue weighted by molar-refractivity contribution is 7.13. The molecule has 21 heavy (non-hydrogen) atoms. The number of nitrogens with one attached hydrogen (secondary N) is 1. The first-order valence-corrected chi connectivity index (χ1v) is 8.13. The number of aromatic nitrogens is 1. The van der Waals surface area contributed by atoms with Gasteiger partial charge in [0.15, 0.2) is 5.13 Å². The van der Waals surface area contributed by atoms with Crippen LogP contribution in [0.3, 0.4) is 0 Å². The number of rotatable bonds is 6. The third kappa shape index (κ3) is 4.39. The number of nitrogens with two attached hydrogens (primary N) is 1. The molecule has 3 N–H and O–H groups in total. The van der Waals surface area contributed by atoms with Crippen LogP contribution in [-0.2, 0) is 16.0 Å². The number of hydrogen-bond donors (Lipinski definition) is 2. The van der Waals surface area contributed by atoms with Crippen molar-refractivity contribution in [1.29, 1.82) is 0 Å². The Labute approximate surface area is 129 Å². The van der Waals surface area contributed by atoms with E-state index < -0.39 is 0 Å². The molecule has 0 aromatic carbocycles. The molecule has 2 atom stereocenters. The summed E-state index contributed by atoms with van der Waals surface area (Å²) in [6.07, 6.45) is 1.11. The molecule has 1 fully saturated rings. The number of ether oxygens (including phenoxy) is 1. The number of anilines is 1. The van der Waals surface area contributed by atoms with Crippen LogP contribution < -0.4 is 11.1 Å². The Bertz CT molecular complexity index is 477. The number of carbonyl (C=O) groups is 1. The fourth-order valence-corrected chi connectivity index (χ4v) is 3.16. The number of hydrogen-bond acceptors (Lipinski definition) is 6. The summed E-state index contributed by atoms with van der Waals surface area (Å²) in [5, 5.41) is 5.53. The molecule has 0 unspecified atom stereocenters. The van der Waals surface area contributed by atoms with Crippen molar-refractivity contribution in [1.82, 2.24) is 15.2 Å². The standard InChI is InChI=1S/C14H24N4O2S/c1-9(2)18-6-11(12(7-18)20-3)17-13(19)5-4-10-8-21-14(15)16-10/h8-9,11-12H,4-7H2,1-3H3,(H2,15,16)(H,17,19)/t11-,12-/m0/s1. The number of likely N-dealkylation sites (tertiary alicyclic amines) is 1. The second-order valence-electron chi connectivity index (χ2n) is 5.67. The summed E-state index contributed by atoms with van der Waals surface area (Å²) >= 11 is 1.40. The molecule has 1 saturated heterocycles. The zero-order valence-corrected chi connectivity index (χ0v) is 13.7. The van der Waals surface area contributed by atoms with Crippen molar-refractivity contribution >= 4 is 22.4 Å². The lowest BCUT2D eigenvalue weighted by molar-refractivity contribution is -0.122. The second-order valence-corrected chi connectivity index (χ2v) is 6.56. The maximum atomic E-state index is 12.1. The molecule has 0 bridgehead atoms. The van der Waals surface area contributed by atoms with Gasteiger partial charge in [-0.05, 0) is 20.3 Å². The first-order chi connectivity index (χ1) is 9.99. The average molecular weight is 312 g/mol. The molecule has 0 spiro atoms. The normalized spacial score (nSPS) is 22.9. The Balaban J connectivity index is 1.81. The van der Waals surface area contributed by atoms with E-state index >= 15 is 0 Å². The first-order valence-electron chi connectivity index (χ1n) is 7.25. The van der Waals surface area contributed by atoms with Crippen molar-refractivity contribution in [3.63, 3.8) is 0 Å².